The van der Waals surface area contributed by atoms with Crippen molar-refractivity contribution in [3.8, 4) is 17.2 Å². The van der Waals surface area contributed by atoms with E-state index in [1.807, 2.05) is 0 Å². The number of amides is 4. The third-order valence-electron chi connectivity index (χ3n) is 4.13. The molecule has 0 saturated carbocycles. The maximum absolute atomic E-state index is 12.5. The van der Waals surface area contributed by atoms with E-state index in [1.165, 1.54) is 44.6 Å². The molecular weight excluding hydrogens is 378 g/mol. The van der Waals surface area contributed by atoms with Gasteiger partial charge < -0.3 is 25.2 Å². The van der Waals surface area contributed by atoms with Crippen LogP contribution in [0.5, 0.6) is 17.2 Å². The second-order valence-electron chi connectivity index (χ2n) is 6.09. The minimum atomic E-state index is -0.692. The number of methoxy groups -OCH3 is 2. The summed E-state index contributed by atoms with van der Waals surface area (Å²) in [4.78, 5) is 37.6. The average molecular weight is 397 g/mol. The number of imide groups is 1. The second-order valence-corrected chi connectivity index (χ2v) is 6.09. The van der Waals surface area contributed by atoms with Crippen LogP contribution in [-0.2, 0) is 9.59 Å². The Bertz CT molecular complexity index is 984. The Morgan fingerprint density at radius 1 is 1.10 bits per heavy atom. The van der Waals surface area contributed by atoms with Gasteiger partial charge in [0.1, 0.15) is 18.0 Å². The summed E-state index contributed by atoms with van der Waals surface area (Å²) in [6, 6.07) is 10.2. The third-order valence-corrected chi connectivity index (χ3v) is 4.13. The zero-order valence-electron chi connectivity index (χ0n) is 15.8. The van der Waals surface area contributed by atoms with Crippen LogP contribution in [0.25, 0.3) is 6.08 Å². The third kappa shape index (κ3) is 4.46. The van der Waals surface area contributed by atoms with Gasteiger partial charge in [-0.25, -0.2) is 9.69 Å². The summed E-state index contributed by atoms with van der Waals surface area (Å²) >= 11 is 0. The Hall–Kier alpha value is -4.01. The monoisotopic (exact) mass is 397 g/mol. The molecule has 4 amide bonds. The number of nitrogens with zero attached hydrogens (tertiary/aromatic N) is 1. The molecular formula is C20H19N3O6. The zero-order valence-corrected chi connectivity index (χ0v) is 15.8. The van der Waals surface area contributed by atoms with Crippen molar-refractivity contribution in [3.05, 3.63) is 53.7 Å². The fourth-order valence-electron chi connectivity index (χ4n) is 2.71. The van der Waals surface area contributed by atoms with E-state index < -0.39 is 24.4 Å². The van der Waals surface area contributed by atoms with E-state index in [2.05, 4.69) is 10.6 Å². The second kappa shape index (κ2) is 8.34. The molecule has 0 unspecified atom stereocenters. The number of hydrogen-bond acceptors (Lipinski definition) is 6. The number of carbonyl (C=O) groups is 3. The van der Waals surface area contributed by atoms with E-state index in [-0.39, 0.29) is 11.4 Å². The van der Waals surface area contributed by atoms with Gasteiger partial charge in [-0.05, 0) is 48.0 Å². The molecule has 0 aliphatic carbocycles. The molecule has 0 bridgehead atoms. The molecule has 2 aromatic carbocycles. The molecule has 3 rings (SSSR count). The lowest BCUT2D eigenvalue weighted by molar-refractivity contribution is -0.127. The Morgan fingerprint density at radius 2 is 1.79 bits per heavy atom. The van der Waals surface area contributed by atoms with Gasteiger partial charge >= 0.3 is 6.03 Å². The van der Waals surface area contributed by atoms with Gasteiger partial charge in [0.25, 0.3) is 5.91 Å². The van der Waals surface area contributed by atoms with Gasteiger partial charge in [0, 0.05) is 5.69 Å². The van der Waals surface area contributed by atoms with Gasteiger partial charge in [-0.2, -0.15) is 0 Å². The minimum absolute atomic E-state index is 0.0413. The van der Waals surface area contributed by atoms with Crippen molar-refractivity contribution >= 4 is 29.6 Å². The Labute approximate surface area is 166 Å². The topological polar surface area (TPSA) is 117 Å². The summed E-state index contributed by atoms with van der Waals surface area (Å²) in [5.41, 5.74) is 1.09. The number of aromatic hydroxyl groups is 1. The van der Waals surface area contributed by atoms with Crippen molar-refractivity contribution in [1.82, 2.24) is 10.2 Å². The number of benzene rings is 2. The largest absolute Gasteiger partial charge is 0.508 e. The Balaban J connectivity index is 1.71. The molecule has 9 heteroatoms. The van der Waals surface area contributed by atoms with E-state index in [0.29, 0.717) is 22.7 Å². The summed E-state index contributed by atoms with van der Waals surface area (Å²) in [6.07, 6.45) is 1.49. The van der Waals surface area contributed by atoms with Crippen LogP contribution in [0.15, 0.2) is 48.2 Å². The molecule has 1 aliphatic heterocycles. The van der Waals surface area contributed by atoms with Gasteiger partial charge in [0.05, 0.1) is 14.2 Å². The Morgan fingerprint density at radius 3 is 2.45 bits per heavy atom. The summed E-state index contributed by atoms with van der Waals surface area (Å²) in [6.45, 7) is -0.450. The molecule has 29 heavy (non-hydrogen) atoms. The number of phenolic OH excluding ortho intramolecular Hbond substituents is 1. The van der Waals surface area contributed by atoms with Crippen LogP contribution < -0.4 is 20.1 Å². The minimum Gasteiger partial charge on any atom is -0.508 e. The Kier molecular flexibility index (Phi) is 5.68. The molecule has 0 atom stereocenters. The maximum atomic E-state index is 12.5. The number of rotatable bonds is 6. The van der Waals surface area contributed by atoms with Crippen LogP contribution in [0.3, 0.4) is 0 Å². The molecule has 3 N–H and O–H groups in total. The molecule has 9 nitrogen and oxygen atoms in total. The van der Waals surface area contributed by atoms with Crippen molar-refractivity contribution in [2.24, 2.45) is 0 Å². The number of carbonyl (C=O) groups excluding carboxylic acids is 3. The molecule has 1 saturated heterocycles. The normalized spacial score (nSPS) is 14.7. The van der Waals surface area contributed by atoms with Gasteiger partial charge in [-0.3, -0.25) is 9.59 Å². The first-order valence-corrected chi connectivity index (χ1v) is 8.56. The van der Waals surface area contributed by atoms with Gasteiger partial charge in [-0.15, -0.1) is 0 Å². The molecule has 1 fully saturated rings. The summed E-state index contributed by atoms with van der Waals surface area (Å²) < 4.78 is 10.4. The number of hydrogen-bond donors (Lipinski definition) is 3. The average Bonchev–Trinajstić information content (AvgIpc) is 2.97. The predicted octanol–water partition coefficient (Wildman–Crippen LogP) is 1.94. The highest BCUT2D eigenvalue weighted by atomic mass is 16.5. The predicted molar refractivity (Wildman–Crippen MR) is 105 cm³/mol. The maximum Gasteiger partial charge on any atom is 0.329 e. The number of ether oxygens (including phenoxy) is 2. The smallest absolute Gasteiger partial charge is 0.329 e. The van der Waals surface area contributed by atoms with Crippen LogP contribution in [0, 0.1) is 0 Å². The van der Waals surface area contributed by atoms with Crippen LogP contribution in [-0.4, -0.2) is 48.6 Å². The van der Waals surface area contributed by atoms with E-state index >= 15 is 0 Å². The molecule has 0 spiro atoms. The number of anilines is 1. The van der Waals surface area contributed by atoms with E-state index in [1.54, 1.807) is 18.2 Å². The molecule has 150 valence electrons. The lowest BCUT2D eigenvalue weighted by Gasteiger charge is -2.12. The first kappa shape index (κ1) is 19.7. The fourth-order valence-corrected chi connectivity index (χ4v) is 2.71. The van der Waals surface area contributed by atoms with Crippen molar-refractivity contribution in [1.29, 1.82) is 0 Å². The van der Waals surface area contributed by atoms with E-state index in [9.17, 15) is 19.5 Å². The van der Waals surface area contributed by atoms with Crippen LogP contribution in [0.2, 0.25) is 0 Å². The standard InChI is InChI=1S/C20H19N3O6/c1-28-16-8-3-12(10-17(16)29-2)9-15-19(26)23(20(27)22-15)11-18(25)21-13-4-6-14(24)7-5-13/h3-10,24H,11H2,1-2H3,(H,21,25)(H,22,27)/b15-9-. The summed E-state index contributed by atoms with van der Waals surface area (Å²) in [7, 11) is 3.00. The first-order valence-electron chi connectivity index (χ1n) is 8.56. The lowest BCUT2D eigenvalue weighted by atomic mass is 10.1. The zero-order chi connectivity index (χ0) is 21.0. The van der Waals surface area contributed by atoms with Crippen LogP contribution in [0.1, 0.15) is 5.56 Å². The van der Waals surface area contributed by atoms with Crippen molar-refractivity contribution in [2.75, 3.05) is 26.1 Å². The molecule has 1 aliphatic rings. The van der Waals surface area contributed by atoms with Crippen LogP contribution in [0.4, 0.5) is 10.5 Å². The highest BCUT2D eigenvalue weighted by molar-refractivity contribution is 6.15. The van der Waals surface area contributed by atoms with Crippen LogP contribution >= 0.6 is 0 Å². The van der Waals surface area contributed by atoms with E-state index in [0.717, 1.165) is 4.90 Å². The summed E-state index contributed by atoms with van der Waals surface area (Å²) in [5, 5.41) is 14.3. The fraction of sp³-hybridized carbons (Fsp3) is 0.150. The number of nitrogens with one attached hydrogen (secondary N) is 2. The molecule has 2 aromatic rings. The lowest BCUT2D eigenvalue weighted by Crippen LogP contribution is -2.38. The van der Waals surface area contributed by atoms with E-state index in [4.69, 9.17) is 9.47 Å². The number of phenols is 1. The SMILES string of the molecule is COc1ccc(/C=C2\NC(=O)N(CC(=O)Nc3ccc(O)cc3)C2=O)cc1OC. The molecule has 1 heterocycles. The molecule has 0 aromatic heterocycles. The van der Waals surface area contributed by atoms with Crippen molar-refractivity contribution in [2.45, 2.75) is 0 Å². The van der Waals surface area contributed by atoms with Gasteiger partial charge in [0.2, 0.25) is 5.91 Å². The van der Waals surface area contributed by atoms with Crippen molar-refractivity contribution < 1.29 is 29.0 Å². The highest BCUT2D eigenvalue weighted by Gasteiger charge is 2.34. The highest BCUT2D eigenvalue weighted by Crippen LogP contribution is 2.28. The quantitative estimate of drug-likeness (QED) is 0.390. The summed E-state index contributed by atoms with van der Waals surface area (Å²) in [5.74, 6) is -0.105. The van der Waals surface area contributed by atoms with Crippen molar-refractivity contribution in [3.63, 3.8) is 0 Å². The number of urea groups is 1. The molecule has 0 radical (unpaired) electrons. The van der Waals surface area contributed by atoms with Gasteiger partial charge in [0.15, 0.2) is 11.5 Å². The van der Waals surface area contributed by atoms with Gasteiger partial charge in [-0.1, -0.05) is 6.07 Å². The first-order chi connectivity index (χ1) is 13.9.